The van der Waals surface area contributed by atoms with Crippen LogP contribution in [0.3, 0.4) is 0 Å². The van der Waals surface area contributed by atoms with E-state index in [2.05, 4.69) is 84.3 Å². The number of allylic oxidation sites excluding steroid dienone is 2. The van der Waals surface area contributed by atoms with Crippen molar-refractivity contribution in [3.8, 4) is 0 Å². The SMILES string of the molecule is CC(Nc1c(Br)cc(Br)cc1Br)C1CC2C=CC1C2. The second kappa shape index (κ2) is 5.53. The molecule has 0 saturated heterocycles. The van der Waals surface area contributed by atoms with Crippen molar-refractivity contribution in [3.63, 3.8) is 0 Å². The molecule has 2 bridgehead atoms. The quantitative estimate of drug-likeness (QED) is 0.559. The Morgan fingerprint density at radius 2 is 1.79 bits per heavy atom. The molecule has 1 fully saturated rings. The van der Waals surface area contributed by atoms with Crippen LogP contribution >= 0.6 is 47.8 Å². The van der Waals surface area contributed by atoms with Crippen molar-refractivity contribution in [2.45, 2.75) is 25.8 Å². The zero-order chi connectivity index (χ0) is 13.6. The first-order chi connectivity index (χ1) is 9.04. The molecule has 0 aliphatic heterocycles. The van der Waals surface area contributed by atoms with E-state index in [9.17, 15) is 0 Å². The van der Waals surface area contributed by atoms with E-state index in [-0.39, 0.29) is 0 Å². The second-order valence-electron chi connectivity index (χ2n) is 5.62. The maximum absolute atomic E-state index is 3.68. The molecule has 2 aliphatic rings. The minimum Gasteiger partial charge on any atom is -0.380 e. The van der Waals surface area contributed by atoms with E-state index in [4.69, 9.17) is 0 Å². The fourth-order valence-electron chi connectivity index (χ4n) is 3.41. The van der Waals surface area contributed by atoms with Crippen molar-refractivity contribution >= 4 is 53.5 Å². The van der Waals surface area contributed by atoms with Gasteiger partial charge in [0, 0.05) is 19.5 Å². The third-order valence-corrected chi connectivity index (χ3v) is 6.06. The Balaban J connectivity index is 1.77. The first kappa shape index (κ1) is 14.2. The summed E-state index contributed by atoms with van der Waals surface area (Å²) in [5.41, 5.74) is 1.16. The standard InChI is InChI=1S/C15H16Br3N/c1-8(12-5-9-2-3-10(12)4-9)19-15-13(17)6-11(16)7-14(15)18/h2-3,6-10,12,19H,4-5H2,1H3. The first-order valence-corrected chi connectivity index (χ1v) is 9.02. The summed E-state index contributed by atoms with van der Waals surface area (Å²) in [6, 6.07) is 4.66. The van der Waals surface area contributed by atoms with Gasteiger partial charge in [0.15, 0.2) is 0 Å². The van der Waals surface area contributed by atoms with E-state index >= 15 is 0 Å². The summed E-state index contributed by atoms with van der Waals surface area (Å²) < 4.78 is 3.27. The van der Waals surface area contributed by atoms with Gasteiger partial charge in [-0.3, -0.25) is 0 Å². The molecule has 0 heterocycles. The van der Waals surface area contributed by atoms with Gasteiger partial charge >= 0.3 is 0 Å². The van der Waals surface area contributed by atoms with E-state index in [0.717, 1.165) is 36.9 Å². The van der Waals surface area contributed by atoms with Gasteiger partial charge < -0.3 is 5.32 Å². The Kier molecular flexibility index (Phi) is 4.12. The molecule has 102 valence electrons. The van der Waals surface area contributed by atoms with Gasteiger partial charge in [-0.05, 0) is 81.5 Å². The second-order valence-corrected chi connectivity index (χ2v) is 8.25. The van der Waals surface area contributed by atoms with Crippen LogP contribution in [0, 0.1) is 17.8 Å². The van der Waals surface area contributed by atoms with Gasteiger partial charge in [-0.25, -0.2) is 0 Å². The highest BCUT2D eigenvalue weighted by atomic mass is 79.9. The monoisotopic (exact) mass is 447 g/mol. The van der Waals surface area contributed by atoms with Crippen LogP contribution in [0.2, 0.25) is 0 Å². The van der Waals surface area contributed by atoms with Crippen LogP contribution in [0.15, 0.2) is 37.7 Å². The van der Waals surface area contributed by atoms with Crippen LogP contribution in [-0.2, 0) is 0 Å². The molecule has 0 aromatic heterocycles. The molecule has 1 saturated carbocycles. The highest BCUT2D eigenvalue weighted by molar-refractivity contribution is 9.11. The number of halogens is 3. The number of nitrogens with one attached hydrogen (secondary N) is 1. The minimum absolute atomic E-state index is 0.494. The normalized spacial score (nSPS) is 29.8. The summed E-state index contributed by atoms with van der Waals surface area (Å²) in [6.45, 7) is 2.31. The summed E-state index contributed by atoms with van der Waals surface area (Å²) in [4.78, 5) is 0. The van der Waals surface area contributed by atoms with E-state index < -0.39 is 0 Å². The number of anilines is 1. The summed E-state index contributed by atoms with van der Waals surface area (Å²) >= 11 is 10.8. The van der Waals surface area contributed by atoms with Crippen LogP contribution in [0.1, 0.15) is 19.8 Å². The third-order valence-electron chi connectivity index (χ3n) is 4.35. The molecule has 4 heteroatoms. The Hall–Kier alpha value is 0.200. The lowest BCUT2D eigenvalue weighted by atomic mass is 9.87. The largest absolute Gasteiger partial charge is 0.380 e. The molecule has 0 radical (unpaired) electrons. The van der Waals surface area contributed by atoms with E-state index in [1.807, 2.05) is 0 Å². The Morgan fingerprint density at radius 1 is 1.11 bits per heavy atom. The zero-order valence-electron chi connectivity index (χ0n) is 10.7. The van der Waals surface area contributed by atoms with E-state index in [1.165, 1.54) is 12.8 Å². The molecule has 1 aromatic rings. The van der Waals surface area contributed by atoms with E-state index in [1.54, 1.807) is 0 Å². The Labute approximate surface area is 139 Å². The molecule has 3 rings (SSSR count). The average Bonchev–Trinajstić information content (AvgIpc) is 2.95. The van der Waals surface area contributed by atoms with Crippen LogP contribution in [0.4, 0.5) is 5.69 Å². The molecule has 0 amide bonds. The lowest BCUT2D eigenvalue weighted by molar-refractivity contribution is 0.399. The number of rotatable bonds is 3. The van der Waals surface area contributed by atoms with E-state index in [0.29, 0.717) is 6.04 Å². The van der Waals surface area contributed by atoms with Crippen LogP contribution in [0.25, 0.3) is 0 Å². The van der Waals surface area contributed by atoms with Crippen molar-refractivity contribution in [2.24, 2.45) is 17.8 Å². The van der Waals surface area contributed by atoms with Crippen LogP contribution < -0.4 is 5.32 Å². The highest BCUT2D eigenvalue weighted by Gasteiger charge is 2.38. The first-order valence-electron chi connectivity index (χ1n) is 6.64. The highest BCUT2D eigenvalue weighted by Crippen LogP contribution is 2.46. The van der Waals surface area contributed by atoms with Crippen molar-refractivity contribution < 1.29 is 0 Å². The number of fused-ring (bicyclic) bond motifs is 2. The van der Waals surface area contributed by atoms with Crippen LogP contribution in [0.5, 0.6) is 0 Å². The van der Waals surface area contributed by atoms with Gasteiger partial charge in [0.05, 0.1) is 5.69 Å². The molecule has 19 heavy (non-hydrogen) atoms. The molecule has 2 aliphatic carbocycles. The molecule has 4 atom stereocenters. The van der Waals surface area contributed by atoms with Crippen molar-refractivity contribution in [1.29, 1.82) is 0 Å². The lowest BCUT2D eigenvalue weighted by Crippen LogP contribution is -2.29. The molecular formula is C15H16Br3N. The maximum Gasteiger partial charge on any atom is 0.0631 e. The summed E-state index contributed by atoms with van der Waals surface area (Å²) in [5, 5.41) is 3.68. The third kappa shape index (κ3) is 2.81. The van der Waals surface area contributed by atoms with Crippen molar-refractivity contribution in [2.75, 3.05) is 5.32 Å². The van der Waals surface area contributed by atoms with Gasteiger partial charge in [-0.2, -0.15) is 0 Å². The van der Waals surface area contributed by atoms with Gasteiger partial charge in [0.2, 0.25) is 0 Å². The fraction of sp³-hybridized carbons (Fsp3) is 0.467. The summed E-state index contributed by atoms with van der Waals surface area (Å²) in [6.07, 6.45) is 7.52. The van der Waals surface area contributed by atoms with Crippen molar-refractivity contribution in [3.05, 3.63) is 37.7 Å². The topological polar surface area (TPSA) is 12.0 Å². The summed E-state index contributed by atoms with van der Waals surface area (Å²) in [7, 11) is 0. The maximum atomic E-state index is 3.68. The fourth-order valence-corrected chi connectivity index (χ4v) is 5.90. The summed E-state index contributed by atoms with van der Waals surface area (Å²) in [5.74, 6) is 2.37. The van der Waals surface area contributed by atoms with Crippen molar-refractivity contribution in [1.82, 2.24) is 0 Å². The number of hydrogen-bond acceptors (Lipinski definition) is 1. The predicted octanol–water partition coefficient (Wildman–Crippen LogP) is 5.99. The predicted molar refractivity (Wildman–Crippen MR) is 91.5 cm³/mol. The van der Waals surface area contributed by atoms with Crippen LogP contribution in [-0.4, -0.2) is 6.04 Å². The molecule has 0 spiro atoms. The van der Waals surface area contributed by atoms with Gasteiger partial charge in [-0.1, -0.05) is 28.1 Å². The molecular weight excluding hydrogens is 434 g/mol. The zero-order valence-corrected chi connectivity index (χ0v) is 15.4. The Morgan fingerprint density at radius 3 is 2.32 bits per heavy atom. The molecule has 1 aromatic carbocycles. The van der Waals surface area contributed by atoms with Gasteiger partial charge in [0.25, 0.3) is 0 Å². The molecule has 1 N–H and O–H groups in total. The lowest BCUT2D eigenvalue weighted by Gasteiger charge is -2.28. The number of hydrogen-bond donors (Lipinski definition) is 1. The minimum atomic E-state index is 0.494. The Bertz CT molecular complexity index is 503. The number of benzene rings is 1. The molecule has 4 unspecified atom stereocenters. The van der Waals surface area contributed by atoms with Gasteiger partial charge in [-0.15, -0.1) is 0 Å². The smallest absolute Gasteiger partial charge is 0.0631 e. The molecule has 1 nitrogen and oxygen atoms in total. The average molecular weight is 450 g/mol. The van der Waals surface area contributed by atoms with Gasteiger partial charge in [0.1, 0.15) is 0 Å².